The second-order valence-corrected chi connectivity index (χ2v) is 9.75. The van der Waals surface area contributed by atoms with Crippen LogP contribution in [0.1, 0.15) is 58.3 Å². The highest BCUT2D eigenvalue weighted by molar-refractivity contribution is 7.91. The van der Waals surface area contributed by atoms with Crippen LogP contribution in [0.25, 0.3) is 0 Å². The van der Waals surface area contributed by atoms with Crippen molar-refractivity contribution in [2.45, 2.75) is 75.6 Å². The molecule has 4 N–H and O–H groups in total. The van der Waals surface area contributed by atoms with Gasteiger partial charge in [-0.1, -0.05) is 13.3 Å². The summed E-state index contributed by atoms with van der Waals surface area (Å²) in [4.78, 5) is 0. The van der Waals surface area contributed by atoms with E-state index in [9.17, 15) is 8.42 Å². The molecule has 5 heteroatoms. The van der Waals surface area contributed by atoms with Crippen LogP contribution in [-0.4, -0.2) is 32.0 Å². The van der Waals surface area contributed by atoms with Crippen LogP contribution in [-0.2, 0) is 9.84 Å². The Kier molecular flexibility index (Phi) is 5.71. The molecule has 2 fully saturated rings. The van der Waals surface area contributed by atoms with Crippen LogP contribution in [0, 0.1) is 17.8 Å². The maximum atomic E-state index is 11.9. The Morgan fingerprint density at radius 3 is 2.24 bits per heavy atom. The Balaban J connectivity index is 2.11. The molecule has 0 bridgehead atoms. The van der Waals surface area contributed by atoms with Crippen molar-refractivity contribution >= 4 is 9.84 Å². The van der Waals surface area contributed by atoms with Crippen molar-refractivity contribution in [3.63, 3.8) is 0 Å². The summed E-state index contributed by atoms with van der Waals surface area (Å²) in [6.07, 6.45) is 9.34. The van der Waals surface area contributed by atoms with E-state index in [1.54, 1.807) is 0 Å². The zero-order valence-corrected chi connectivity index (χ0v) is 14.3. The van der Waals surface area contributed by atoms with Crippen molar-refractivity contribution in [3.05, 3.63) is 0 Å². The minimum atomic E-state index is -2.98. The van der Waals surface area contributed by atoms with E-state index >= 15 is 0 Å². The second-order valence-electron chi connectivity index (χ2n) is 7.43. The molecule has 2 aliphatic rings. The largest absolute Gasteiger partial charge is 0.328 e. The topological polar surface area (TPSA) is 86.2 Å². The van der Waals surface area contributed by atoms with E-state index in [2.05, 4.69) is 6.92 Å². The second kappa shape index (κ2) is 6.97. The molecule has 6 unspecified atom stereocenters. The van der Waals surface area contributed by atoms with Gasteiger partial charge in [0, 0.05) is 18.3 Å². The summed E-state index contributed by atoms with van der Waals surface area (Å²) in [6, 6.07) is 0.297. The highest BCUT2D eigenvalue weighted by Gasteiger charge is 2.36. The fraction of sp³-hybridized carbons (Fsp3) is 1.00. The third-order valence-electron chi connectivity index (χ3n) is 5.92. The molecule has 6 atom stereocenters. The van der Waals surface area contributed by atoms with Crippen LogP contribution in [0.2, 0.25) is 0 Å². The minimum Gasteiger partial charge on any atom is -0.328 e. The summed E-state index contributed by atoms with van der Waals surface area (Å²) in [7, 11) is -2.98. The molecule has 0 saturated heterocycles. The lowest BCUT2D eigenvalue weighted by Gasteiger charge is -2.33. The lowest BCUT2D eigenvalue weighted by molar-refractivity contribution is 0.228. The van der Waals surface area contributed by atoms with E-state index in [4.69, 9.17) is 11.5 Å². The van der Waals surface area contributed by atoms with E-state index in [-0.39, 0.29) is 11.3 Å². The molecule has 0 heterocycles. The van der Waals surface area contributed by atoms with Crippen LogP contribution in [0.3, 0.4) is 0 Å². The van der Waals surface area contributed by atoms with Gasteiger partial charge in [-0.3, -0.25) is 0 Å². The normalized spacial score (nSPS) is 42.5. The zero-order valence-electron chi connectivity index (χ0n) is 13.5. The average molecular weight is 317 g/mol. The van der Waals surface area contributed by atoms with Crippen molar-refractivity contribution in [1.82, 2.24) is 0 Å². The molecule has 2 aliphatic carbocycles. The quantitative estimate of drug-likeness (QED) is 0.816. The highest BCUT2D eigenvalue weighted by Crippen LogP contribution is 2.40. The lowest BCUT2D eigenvalue weighted by atomic mass is 9.77. The number of nitrogens with two attached hydrogens (primary N) is 2. The Morgan fingerprint density at radius 1 is 0.952 bits per heavy atom. The van der Waals surface area contributed by atoms with Gasteiger partial charge in [-0.05, 0) is 62.7 Å². The Bertz CT molecular complexity index is 438. The molecule has 0 radical (unpaired) electrons. The van der Waals surface area contributed by atoms with Crippen LogP contribution >= 0.6 is 0 Å². The molecule has 0 aromatic carbocycles. The fourth-order valence-electron chi connectivity index (χ4n) is 4.52. The minimum absolute atomic E-state index is 0.00269. The van der Waals surface area contributed by atoms with Gasteiger partial charge in [-0.25, -0.2) is 8.42 Å². The maximum Gasteiger partial charge on any atom is 0.150 e. The van der Waals surface area contributed by atoms with Crippen molar-refractivity contribution in [2.24, 2.45) is 29.2 Å². The summed E-state index contributed by atoms with van der Waals surface area (Å²) < 4.78 is 23.8. The zero-order chi connectivity index (χ0) is 15.6. The summed E-state index contributed by atoms with van der Waals surface area (Å²) in [6.45, 7) is 2.23. The summed E-state index contributed by atoms with van der Waals surface area (Å²) in [5.41, 5.74) is 12.6. The molecule has 0 aromatic rings. The van der Waals surface area contributed by atoms with Crippen molar-refractivity contribution in [1.29, 1.82) is 0 Å². The molecule has 0 spiro atoms. The number of hydrogen-bond donors (Lipinski definition) is 2. The van der Waals surface area contributed by atoms with Gasteiger partial charge in [0.15, 0.2) is 0 Å². The van der Waals surface area contributed by atoms with Gasteiger partial charge in [-0.2, -0.15) is 0 Å². The summed E-state index contributed by atoms with van der Waals surface area (Å²) in [5.74, 6) is 1.83. The predicted molar refractivity (Wildman–Crippen MR) is 87.7 cm³/mol. The van der Waals surface area contributed by atoms with Crippen LogP contribution in [0.15, 0.2) is 0 Å². The van der Waals surface area contributed by atoms with Gasteiger partial charge >= 0.3 is 0 Å². The van der Waals surface area contributed by atoms with Crippen LogP contribution in [0.4, 0.5) is 0 Å². The Labute approximate surface area is 130 Å². The number of hydrogen-bond acceptors (Lipinski definition) is 4. The van der Waals surface area contributed by atoms with Crippen LogP contribution in [0.5, 0.6) is 0 Å². The third kappa shape index (κ3) is 4.42. The van der Waals surface area contributed by atoms with Gasteiger partial charge in [0.2, 0.25) is 0 Å². The first-order valence-electron chi connectivity index (χ1n) is 8.51. The van der Waals surface area contributed by atoms with Crippen molar-refractivity contribution in [2.75, 3.05) is 6.26 Å². The molecule has 2 rings (SSSR count). The molecule has 124 valence electrons. The molecular formula is C16H32N2O2S. The Morgan fingerprint density at radius 2 is 1.62 bits per heavy atom. The molecule has 2 saturated carbocycles. The van der Waals surface area contributed by atoms with E-state index in [1.165, 1.54) is 19.1 Å². The van der Waals surface area contributed by atoms with Gasteiger partial charge in [0.1, 0.15) is 9.84 Å². The standard InChI is InChI=1S/C16H32N2O2S/c1-3-11-4-5-12-6-7-15(21(2,19)20)10-14(17)8-13(12)9-16(11)18/h11-16H,3-10,17-18H2,1-2H3. The monoisotopic (exact) mass is 316 g/mol. The highest BCUT2D eigenvalue weighted by atomic mass is 32.2. The third-order valence-corrected chi connectivity index (χ3v) is 7.55. The van der Waals surface area contributed by atoms with Crippen LogP contribution < -0.4 is 11.5 Å². The number of sulfone groups is 1. The first-order chi connectivity index (χ1) is 9.81. The van der Waals surface area contributed by atoms with E-state index in [0.717, 1.165) is 32.1 Å². The van der Waals surface area contributed by atoms with Crippen molar-refractivity contribution < 1.29 is 8.42 Å². The SMILES string of the molecule is CCC1CCC2CCC(S(C)(=O)=O)CC(N)CC2CC1N. The Hall–Kier alpha value is -0.130. The number of fused-ring (bicyclic) bond motifs is 1. The fourth-order valence-corrected chi connectivity index (χ4v) is 5.68. The molecule has 0 amide bonds. The van der Waals surface area contributed by atoms with Gasteiger partial charge in [0.25, 0.3) is 0 Å². The first kappa shape index (κ1) is 17.2. The van der Waals surface area contributed by atoms with E-state index in [1.807, 2.05) is 0 Å². The lowest BCUT2D eigenvalue weighted by Crippen LogP contribution is -2.38. The van der Waals surface area contributed by atoms with E-state index in [0.29, 0.717) is 30.2 Å². The predicted octanol–water partition coefficient (Wildman–Crippen LogP) is 2.07. The smallest absolute Gasteiger partial charge is 0.150 e. The molecule has 4 nitrogen and oxygen atoms in total. The summed E-state index contributed by atoms with van der Waals surface area (Å²) in [5, 5.41) is -0.243. The average Bonchev–Trinajstić information content (AvgIpc) is 2.50. The van der Waals surface area contributed by atoms with E-state index < -0.39 is 9.84 Å². The van der Waals surface area contributed by atoms with Gasteiger partial charge in [0.05, 0.1) is 5.25 Å². The first-order valence-corrected chi connectivity index (χ1v) is 10.5. The van der Waals surface area contributed by atoms with Crippen molar-refractivity contribution in [3.8, 4) is 0 Å². The number of rotatable bonds is 2. The molecule has 21 heavy (non-hydrogen) atoms. The molecule has 0 aromatic heterocycles. The van der Waals surface area contributed by atoms with Gasteiger partial charge in [-0.15, -0.1) is 0 Å². The molecule has 0 aliphatic heterocycles. The molecular weight excluding hydrogens is 284 g/mol. The maximum absolute atomic E-state index is 11.9. The van der Waals surface area contributed by atoms with Gasteiger partial charge < -0.3 is 11.5 Å². The summed E-state index contributed by atoms with van der Waals surface area (Å²) >= 11 is 0.